The second kappa shape index (κ2) is 11.1. The molecule has 0 bridgehead atoms. The van der Waals surface area contributed by atoms with E-state index in [9.17, 15) is 4.39 Å². The molecule has 0 rings (SSSR count). The highest BCUT2D eigenvalue weighted by atomic mass is 19.1. The van der Waals surface area contributed by atoms with Crippen LogP contribution in [0.2, 0.25) is 0 Å². The minimum absolute atomic E-state index is 0.403. The van der Waals surface area contributed by atoms with Crippen LogP contribution in [0, 0.1) is 0 Å². The van der Waals surface area contributed by atoms with E-state index in [0.717, 1.165) is 19.3 Å². The standard InChI is InChI=1S/C13H25FO2/c1-4-7-8-9-12(14)10-11-13(15-5-2)16-6-3/h10-13H,4-9H2,1-3H3/b11-10-/t12-/m0/s1. The van der Waals surface area contributed by atoms with Crippen molar-refractivity contribution in [3.05, 3.63) is 12.2 Å². The van der Waals surface area contributed by atoms with E-state index in [4.69, 9.17) is 9.47 Å². The van der Waals surface area contributed by atoms with Crippen molar-refractivity contribution in [1.29, 1.82) is 0 Å². The second-order valence-corrected chi connectivity index (χ2v) is 3.68. The van der Waals surface area contributed by atoms with Crippen LogP contribution in [0.25, 0.3) is 0 Å². The first-order valence-electron chi connectivity index (χ1n) is 6.30. The third-order valence-corrected chi connectivity index (χ3v) is 2.22. The van der Waals surface area contributed by atoms with Crippen LogP contribution in [-0.2, 0) is 9.47 Å². The SMILES string of the molecule is CCCCC[C@H](F)/C=C\C(OCC)OCC. The van der Waals surface area contributed by atoms with Gasteiger partial charge < -0.3 is 9.47 Å². The fraction of sp³-hybridized carbons (Fsp3) is 0.846. The second-order valence-electron chi connectivity index (χ2n) is 3.68. The Morgan fingerprint density at radius 1 is 1.00 bits per heavy atom. The Kier molecular flexibility index (Phi) is 10.8. The van der Waals surface area contributed by atoms with Gasteiger partial charge in [-0.2, -0.15) is 0 Å². The molecule has 0 heterocycles. The van der Waals surface area contributed by atoms with Crippen LogP contribution in [0.5, 0.6) is 0 Å². The molecule has 96 valence electrons. The lowest BCUT2D eigenvalue weighted by atomic mass is 10.1. The molecular formula is C13H25FO2. The molecule has 0 aromatic carbocycles. The van der Waals surface area contributed by atoms with Crippen LogP contribution in [-0.4, -0.2) is 25.7 Å². The molecule has 0 radical (unpaired) electrons. The molecule has 0 saturated carbocycles. The zero-order chi connectivity index (χ0) is 12.2. The Balaban J connectivity index is 3.81. The van der Waals surface area contributed by atoms with Gasteiger partial charge in [-0.1, -0.05) is 26.2 Å². The van der Waals surface area contributed by atoms with Gasteiger partial charge >= 0.3 is 0 Å². The first-order valence-corrected chi connectivity index (χ1v) is 6.30. The molecule has 0 fully saturated rings. The van der Waals surface area contributed by atoms with E-state index in [2.05, 4.69) is 6.92 Å². The maximum atomic E-state index is 13.4. The minimum atomic E-state index is -0.880. The van der Waals surface area contributed by atoms with Gasteiger partial charge in [0.15, 0.2) is 6.29 Å². The number of unbranched alkanes of at least 4 members (excludes halogenated alkanes) is 2. The Morgan fingerprint density at radius 3 is 2.12 bits per heavy atom. The summed E-state index contributed by atoms with van der Waals surface area (Å²) in [5.74, 6) is 0. The molecule has 0 aliphatic rings. The maximum Gasteiger partial charge on any atom is 0.176 e. The summed E-state index contributed by atoms with van der Waals surface area (Å²) < 4.78 is 23.9. The Labute approximate surface area is 98.8 Å². The minimum Gasteiger partial charge on any atom is -0.349 e. The van der Waals surface area contributed by atoms with Crippen molar-refractivity contribution < 1.29 is 13.9 Å². The number of allylic oxidation sites excluding steroid dienone is 1. The quantitative estimate of drug-likeness (QED) is 0.323. The van der Waals surface area contributed by atoms with Gasteiger partial charge in [0.05, 0.1) is 0 Å². The smallest absolute Gasteiger partial charge is 0.176 e. The summed E-state index contributed by atoms with van der Waals surface area (Å²) in [4.78, 5) is 0. The zero-order valence-electron chi connectivity index (χ0n) is 10.7. The topological polar surface area (TPSA) is 18.5 Å². The average Bonchev–Trinajstić information content (AvgIpc) is 2.27. The predicted molar refractivity (Wildman–Crippen MR) is 65.2 cm³/mol. The van der Waals surface area contributed by atoms with E-state index in [1.807, 2.05) is 13.8 Å². The van der Waals surface area contributed by atoms with Crippen LogP contribution in [0.3, 0.4) is 0 Å². The largest absolute Gasteiger partial charge is 0.349 e. The molecule has 3 heteroatoms. The molecule has 0 aliphatic carbocycles. The summed E-state index contributed by atoms with van der Waals surface area (Å²) in [7, 11) is 0. The summed E-state index contributed by atoms with van der Waals surface area (Å²) in [5, 5.41) is 0. The number of ether oxygens (including phenoxy) is 2. The molecule has 0 saturated heterocycles. The van der Waals surface area contributed by atoms with Crippen LogP contribution < -0.4 is 0 Å². The van der Waals surface area contributed by atoms with Crippen molar-refractivity contribution in [1.82, 2.24) is 0 Å². The predicted octanol–water partition coefficient (Wildman–Crippen LogP) is 3.86. The molecule has 1 atom stereocenters. The van der Waals surface area contributed by atoms with Crippen molar-refractivity contribution in [3.63, 3.8) is 0 Å². The van der Waals surface area contributed by atoms with Gasteiger partial charge in [-0.3, -0.25) is 0 Å². The molecule has 0 aromatic rings. The van der Waals surface area contributed by atoms with E-state index >= 15 is 0 Å². The fourth-order valence-electron chi connectivity index (χ4n) is 1.38. The summed E-state index contributed by atoms with van der Waals surface area (Å²) in [5.41, 5.74) is 0. The lowest BCUT2D eigenvalue weighted by Crippen LogP contribution is -2.14. The molecule has 0 N–H and O–H groups in total. The van der Waals surface area contributed by atoms with Crippen LogP contribution in [0.4, 0.5) is 4.39 Å². The van der Waals surface area contributed by atoms with Crippen molar-refractivity contribution in [3.8, 4) is 0 Å². The lowest BCUT2D eigenvalue weighted by molar-refractivity contribution is -0.104. The van der Waals surface area contributed by atoms with Gasteiger partial charge in [0, 0.05) is 13.2 Å². The molecule has 0 unspecified atom stereocenters. The van der Waals surface area contributed by atoms with E-state index < -0.39 is 12.5 Å². The lowest BCUT2D eigenvalue weighted by Gasteiger charge is -2.12. The van der Waals surface area contributed by atoms with E-state index in [1.54, 1.807) is 12.2 Å². The number of hydrogen-bond acceptors (Lipinski definition) is 2. The highest BCUT2D eigenvalue weighted by Gasteiger charge is 2.05. The van der Waals surface area contributed by atoms with E-state index in [-0.39, 0.29) is 0 Å². The third kappa shape index (κ3) is 8.86. The number of hydrogen-bond donors (Lipinski definition) is 0. The molecule has 0 spiro atoms. The number of halogens is 1. The van der Waals surface area contributed by atoms with Crippen LogP contribution >= 0.6 is 0 Å². The number of rotatable bonds is 10. The third-order valence-electron chi connectivity index (χ3n) is 2.22. The van der Waals surface area contributed by atoms with E-state index in [0.29, 0.717) is 19.6 Å². The molecule has 0 aliphatic heterocycles. The summed E-state index contributed by atoms with van der Waals surface area (Å²) in [6.45, 7) is 7.05. The highest BCUT2D eigenvalue weighted by Crippen LogP contribution is 2.09. The normalized spacial score (nSPS) is 13.8. The maximum absolute atomic E-state index is 13.4. The van der Waals surface area contributed by atoms with Crippen LogP contribution in [0.1, 0.15) is 46.5 Å². The average molecular weight is 232 g/mol. The molecule has 16 heavy (non-hydrogen) atoms. The molecule has 0 aromatic heterocycles. The fourth-order valence-corrected chi connectivity index (χ4v) is 1.38. The van der Waals surface area contributed by atoms with Crippen molar-refractivity contribution in [2.45, 2.75) is 58.9 Å². The van der Waals surface area contributed by atoms with Gasteiger partial charge in [-0.25, -0.2) is 4.39 Å². The summed E-state index contributed by atoms with van der Waals surface area (Å²) in [6, 6.07) is 0. The van der Waals surface area contributed by atoms with Gasteiger partial charge in [-0.15, -0.1) is 0 Å². The van der Waals surface area contributed by atoms with Crippen LogP contribution in [0.15, 0.2) is 12.2 Å². The van der Waals surface area contributed by atoms with Gasteiger partial charge in [0.2, 0.25) is 0 Å². The summed E-state index contributed by atoms with van der Waals surface area (Å²) in [6.07, 6.45) is 5.68. The highest BCUT2D eigenvalue weighted by molar-refractivity contribution is 4.91. The molecule has 0 amide bonds. The zero-order valence-corrected chi connectivity index (χ0v) is 10.7. The Hall–Kier alpha value is -0.410. The van der Waals surface area contributed by atoms with Gasteiger partial charge in [0.1, 0.15) is 6.17 Å². The van der Waals surface area contributed by atoms with Gasteiger partial charge in [0.25, 0.3) is 0 Å². The molecule has 2 nitrogen and oxygen atoms in total. The first kappa shape index (κ1) is 15.6. The Morgan fingerprint density at radius 2 is 1.62 bits per heavy atom. The Bertz CT molecular complexity index is 165. The monoisotopic (exact) mass is 232 g/mol. The van der Waals surface area contributed by atoms with E-state index in [1.165, 1.54) is 0 Å². The summed E-state index contributed by atoms with van der Waals surface area (Å²) >= 11 is 0. The van der Waals surface area contributed by atoms with Gasteiger partial charge in [-0.05, 0) is 32.4 Å². The van der Waals surface area contributed by atoms with Crippen molar-refractivity contribution >= 4 is 0 Å². The van der Waals surface area contributed by atoms with Crippen molar-refractivity contribution in [2.75, 3.05) is 13.2 Å². The first-order chi connectivity index (χ1) is 7.74. The number of alkyl halides is 1. The van der Waals surface area contributed by atoms with Crippen molar-refractivity contribution in [2.24, 2.45) is 0 Å². The molecular weight excluding hydrogens is 207 g/mol.